The normalized spacial score (nSPS) is 12.1. The van der Waals surface area contributed by atoms with Gasteiger partial charge in [-0.15, -0.1) is 0 Å². The Bertz CT molecular complexity index is 491. The van der Waals surface area contributed by atoms with Gasteiger partial charge in [0.1, 0.15) is 5.75 Å². The van der Waals surface area contributed by atoms with Gasteiger partial charge in [-0.2, -0.15) is 0 Å². The molecule has 0 saturated carbocycles. The summed E-state index contributed by atoms with van der Waals surface area (Å²) in [7, 11) is 0.621. The van der Waals surface area contributed by atoms with Crippen molar-refractivity contribution in [2.45, 2.75) is 10.6 Å². The van der Waals surface area contributed by atoms with E-state index >= 15 is 0 Å². The highest BCUT2D eigenvalue weighted by atomic mass is 32.2. The molecule has 17 heavy (non-hydrogen) atoms. The smallest absolute Gasteiger partial charge is 0.118 e. The maximum Gasteiger partial charge on any atom is 0.118 e. The number of hydrogen-bond donors (Lipinski definition) is 0. The zero-order chi connectivity index (χ0) is 12.1. The van der Waals surface area contributed by atoms with E-state index in [2.05, 4.69) is 0 Å². The monoisotopic (exact) mass is 246 g/mol. The first-order valence-electron chi connectivity index (χ1n) is 5.36. The first-order chi connectivity index (χ1) is 8.29. The number of methoxy groups -OCH3 is 1. The third-order valence-corrected chi connectivity index (χ3v) is 3.86. The maximum atomic E-state index is 12.1. The van der Waals surface area contributed by atoms with Gasteiger partial charge in [-0.25, -0.2) is 0 Å². The van der Waals surface area contributed by atoms with Gasteiger partial charge in [-0.05, 0) is 29.8 Å². The molecule has 2 aromatic rings. The lowest BCUT2D eigenvalue weighted by atomic mass is 10.2. The second-order valence-corrected chi connectivity index (χ2v) is 5.10. The molecule has 0 unspecified atom stereocenters. The van der Waals surface area contributed by atoms with Crippen molar-refractivity contribution < 1.29 is 8.95 Å². The van der Waals surface area contributed by atoms with Crippen LogP contribution in [0.4, 0.5) is 0 Å². The van der Waals surface area contributed by atoms with Gasteiger partial charge >= 0.3 is 0 Å². The van der Waals surface area contributed by atoms with Crippen LogP contribution in [0.2, 0.25) is 0 Å². The standard InChI is InChI=1S/C14H14O2S/c1-16-13-7-9-14(10-8-13)17(15)11-12-5-3-2-4-6-12/h2-10H,11H2,1H3/t17-/m1/s1. The van der Waals surface area contributed by atoms with E-state index in [0.29, 0.717) is 5.75 Å². The molecule has 0 bridgehead atoms. The first kappa shape index (κ1) is 11.9. The Morgan fingerprint density at radius 2 is 1.65 bits per heavy atom. The molecule has 0 spiro atoms. The second-order valence-electron chi connectivity index (χ2n) is 3.65. The fourth-order valence-electron chi connectivity index (χ4n) is 1.54. The predicted molar refractivity (Wildman–Crippen MR) is 69.5 cm³/mol. The summed E-state index contributed by atoms with van der Waals surface area (Å²) in [6, 6.07) is 17.2. The summed E-state index contributed by atoms with van der Waals surface area (Å²) in [5, 5.41) is 0. The van der Waals surface area contributed by atoms with E-state index in [0.717, 1.165) is 16.2 Å². The van der Waals surface area contributed by atoms with Crippen molar-refractivity contribution in [3.05, 3.63) is 60.2 Å². The van der Waals surface area contributed by atoms with Gasteiger partial charge in [0.2, 0.25) is 0 Å². The molecule has 0 aliphatic rings. The van der Waals surface area contributed by atoms with E-state index in [9.17, 15) is 4.21 Å². The van der Waals surface area contributed by atoms with Gasteiger partial charge in [0.15, 0.2) is 0 Å². The molecule has 3 heteroatoms. The van der Waals surface area contributed by atoms with Crippen LogP contribution in [0.3, 0.4) is 0 Å². The van der Waals surface area contributed by atoms with Crippen molar-refractivity contribution in [1.29, 1.82) is 0 Å². The van der Waals surface area contributed by atoms with Gasteiger partial charge in [-0.1, -0.05) is 30.3 Å². The Labute approximate surface area is 104 Å². The number of hydrogen-bond acceptors (Lipinski definition) is 2. The molecule has 2 rings (SSSR count). The Hall–Kier alpha value is -1.61. The Balaban J connectivity index is 2.09. The van der Waals surface area contributed by atoms with Crippen molar-refractivity contribution >= 4 is 10.8 Å². The Morgan fingerprint density at radius 1 is 1.00 bits per heavy atom. The summed E-state index contributed by atoms with van der Waals surface area (Å²) >= 11 is 0. The van der Waals surface area contributed by atoms with Crippen molar-refractivity contribution in [3.63, 3.8) is 0 Å². The minimum Gasteiger partial charge on any atom is -0.497 e. The van der Waals surface area contributed by atoms with E-state index in [1.54, 1.807) is 7.11 Å². The van der Waals surface area contributed by atoms with Crippen LogP contribution < -0.4 is 4.74 Å². The zero-order valence-corrected chi connectivity index (χ0v) is 10.4. The molecule has 2 aromatic carbocycles. The molecule has 2 nitrogen and oxygen atoms in total. The van der Waals surface area contributed by atoms with E-state index in [-0.39, 0.29) is 0 Å². The van der Waals surface area contributed by atoms with Crippen molar-refractivity contribution in [1.82, 2.24) is 0 Å². The lowest BCUT2D eigenvalue weighted by molar-refractivity contribution is 0.414. The Morgan fingerprint density at radius 3 is 2.24 bits per heavy atom. The minimum absolute atomic E-state index is 0.549. The highest BCUT2D eigenvalue weighted by Gasteiger charge is 2.04. The first-order valence-corrected chi connectivity index (χ1v) is 6.68. The quantitative estimate of drug-likeness (QED) is 0.829. The van der Waals surface area contributed by atoms with Crippen LogP contribution in [0.25, 0.3) is 0 Å². The fourth-order valence-corrected chi connectivity index (χ4v) is 2.64. The lowest BCUT2D eigenvalue weighted by Gasteiger charge is -2.04. The van der Waals surface area contributed by atoms with Crippen LogP contribution in [-0.2, 0) is 16.6 Å². The number of ether oxygens (including phenoxy) is 1. The number of benzene rings is 2. The SMILES string of the molecule is COc1ccc([S@](=O)Cc2ccccc2)cc1. The van der Waals surface area contributed by atoms with Crippen LogP contribution in [0.1, 0.15) is 5.56 Å². The molecule has 0 aliphatic carbocycles. The third-order valence-electron chi connectivity index (χ3n) is 2.46. The highest BCUT2D eigenvalue weighted by molar-refractivity contribution is 7.84. The third kappa shape index (κ3) is 3.17. The van der Waals surface area contributed by atoms with E-state index in [1.165, 1.54) is 0 Å². The summed E-state index contributed by atoms with van der Waals surface area (Å²) in [4.78, 5) is 0.828. The van der Waals surface area contributed by atoms with Crippen LogP contribution in [0, 0.1) is 0 Å². The molecule has 0 fully saturated rings. The van der Waals surface area contributed by atoms with Crippen LogP contribution in [-0.4, -0.2) is 11.3 Å². The van der Waals surface area contributed by atoms with Gasteiger partial charge < -0.3 is 4.74 Å². The summed E-state index contributed by atoms with van der Waals surface area (Å²) < 4.78 is 17.2. The summed E-state index contributed by atoms with van der Waals surface area (Å²) in [5.74, 6) is 1.33. The topological polar surface area (TPSA) is 26.3 Å². The molecule has 0 saturated heterocycles. The molecular weight excluding hydrogens is 232 g/mol. The predicted octanol–water partition coefficient (Wildman–Crippen LogP) is 3.00. The van der Waals surface area contributed by atoms with Gasteiger partial charge in [0, 0.05) is 4.90 Å². The molecule has 88 valence electrons. The highest BCUT2D eigenvalue weighted by Crippen LogP contribution is 2.16. The lowest BCUT2D eigenvalue weighted by Crippen LogP contribution is -1.96. The second kappa shape index (κ2) is 5.64. The Kier molecular flexibility index (Phi) is 3.94. The average molecular weight is 246 g/mol. The van der Waals surface area contributed by atoms with Crippen LogP contribution in [0.15, 0.2) is 59.5 Å². The molecule has 1 atom stereocenters. The van der Waals surface area contributed by atoms with E-state index < -0.39 is 10.8 Å². The molecule has 0 heterocycles. The van der Waals surface area contributed by atoms with Gasteiger partial charge in [0.25, 0.3) is 0 Å². The molecule has 0 amide bonds. The van der Waals surface area contributed by atoms with Crippen molar-refractivity contribution in [2.24, 2.45) is 0 Å². The summed E-state index contributed by atoms with van der Waals surface area (Å²) in [6.45, 7) is 0. The van der Waals surface area contributed by atoms with Crippen LogP contribution >= 0.6 is 0 Å². The van der Waals surface area contributed by atoms with Gasteiger partial charge in [-0.3, -0.25) is 4.21 Å². The number of rotatable bonds is 4. The van der Waals surface area contributed by atoms with Crippen LogP contribution in [0.5, 0.6) is 5.75 Å². The zero-order valence-electron chi connectivity index (χ0n) is 9.63. The average Bonchev–Trinajstić information content (AvgIpc) is 2.40. The summed E-state index contributed by atoms with van der Waals surface area (Å²) in [5.41, 5.74) is 1.08. The molecular formula is C14H14O2S. The largest absolute Gasteiger partial charge is 0.497 e. The molecule has 0 radical (unpaired) electrons. The molecule has 0 N–H and O–H groups in total. The van der Waals surface area contributed by atoms with E-state index in [1.807, 2.05) is 54.6 Å². The summed E-state index contributed by atoms with van der Waals surface area (Å²) in [6.07, 6.45) is 0. The molecule has 0 aliphatic heterocycles. The van der Waals surface area contributed by atoms with E-state index in [4.69, 9.17) is 4.74 Å². The van der Waals surface area contributed by atoms with Gasteiger partial charge in [0.05, 0.1) is 23.7 Å². The van der Waals surface area contributed by atoms with Crippen molar-refractivity contribution in [3.8, 4) is 5.75 Å². The molecule has 0 aromatic heterocycles. The van der Waals surface area contributed by atoms with Crippen molar-refractivity contribution in [2.75, 3.05) is 7.11 Å². The maximum absolute atomic E-state index is 12.1. The minimum atomic E-state index is -1.00. The fraction of sp³-hybridized carbons (Fsp3) is 0.143.